The van der Waals surface area contributed by atoms with E-state index < -0.39 is 0 Å². The van der Waals surface area contributed by atoms with Crippen molar-refractivity contribution in [3.05, 3.63) is 18.5 Å². The third-order valence-electron chi connectivity index (χ3n) is 2.42. The quantitative estimate of drug-likeness (QED) is 0.770. The molecule has 1 rings (SSSR count). The molecule has 0 bridgehead atoms. The summed E-state index contributed by atoms with van der Waals surface area (Å²) < 4.78 is 0. The van der Waals surface area contributed by atoms with Crippen LogP contribution in [0.25, 0.3) is 0 Å². The first-order valence-corrected chi connectivity index (χ1v) is 4.77. The van der Waals surface area contributed by atoms with Gasteiger partial charge in [0, 0.05) is 18.4 Å². The maximum absolute atomic E-state index is 4.11. The van der Waals surface area contributed by atoms with Gasteiger partial charge in [0.15, 0.2) is 0 Å². The van der Waals surface area contributed by atoms with Gasteiger partial charge in [0.05, 0.1) is 0 Å². The summed E-state index contributed by atoms with van der Waals surface area (Å²) in [5.74, 6) is 1.36. The van der Waals surface area contributed by atoms with E-state index in [1.807, 2.05) is 6.07 Å². The summed E-state index contributed by atoms with van der Waals surface area (Å²) in [7, 11) is 0. The molecule has 1 aromatic heterocycles. The summed E-state index contributed by atoms with van der Waals surface area (Å²) in [6.07, 6.45) is 4.67. The van der Waals surface area contributed by atoms with E-state index in [1.165, 1.54) is 6.42 Å². The minimum Gasteiger partial charge on any atom is -0.352 e. The molecule has 0 aliphatic carbocycles. The summed E-state index contributed by atoms with van der Waals surface area (Å²) in [6.45, 7) is 6.57. The molecule has 2 atom stereocenters. The summed E-state index contributed by atoms with van der Waals surface area (Å²) in [5, 5.41) is 3.27. The minimum atomic E-state index is 0.424. The van der Waals surface area contributed by atoms with Gasteiger partial charge in [0.25, 0.3) is 0 Å². The highest BCUT2D eigenvalue weighted by Gasteiger charge is 2.09. The molecule has 3 heteroatoms. The first-order chi connectivity index (χ1) is 6.24. The SMILES string of the molecule is CCC(C)C(C)Nc1ncccn1. The Balaban J connectivity index is 2.50. The molecule has 3 nitrogen and oxygen atoms in total. The van der Waals surface area contributed by atoms with Gasteiger partial charge in [0.2, 0.25) is 5.95 Å². The van der Waals surface area contributed by atoms with Gasteiger partial charge in [-0.05, 0) is 18.9 Å². The molecule has 0 saturated heterocycles. The Morgan fingerprint density at radius 2 is 1.92 bits per heavy atom. The predicted octanol–water partition coefficient (Wildman–Crippen LogP) is 2.32. The first-order valence-electron chi connectivity index (χ1n) is 4.77. The van der Waals surface area contributed by atoms with Crippen LogP contribution in [-0.2, 0) is 0 Å². The molecule has 0 aliphatic rings. The van der Waals surface area contributed by atoms with Crippen LogP contribution in [0.5, 0.6) is 0 Å². The topological polar surface area (TPSA) is 37.8 Å². The standard InChI is InChI=1S/C10H17N3/c1-4-8(2)9(3)13-10-11-6-5-7-12-10/h5-9H,4H2,1-3H3,(H,11,12,13). The van der Waals surface area contributed by atoms with Crippen LogP contribution in [0, 0.1) is 5.92 Å². The summed E-state index contributed by atoms with van der Waals surface area (Å²) in [5.41, 5.74) is 0. The third kappa shape index (κ3) is 3.01. The second kappa shape index (κ2) is 4.80. The predicted molar refractivity (Wildman–Crippen MR) is 54.6 cm³/mol. The maximum atomic E-state index is 4.11. The van der Waals surface area contributed by atoms with Crippen molar-refractivity contribution >= 4 is 5.95 Å². The fourth-order valence-electron chi connectivity index (χ4n) is 1.07. The second-order valence-electron chi connectivity index (χ2n) is 3.39. The van der Waals surface area contributed by atoms with Gasteiger partial charge in [0.1, 0.15) is 0 Å². The summed E-state index contributed by atoms with van der Waals surface area (Å²) in [6, 6.07) is 2.24. The lowest BCUT2D eigenvalue weighted by Crippen LogP contribution is -2.24. The van der Waals surface area contributed by atoms with Crippen LogP contribution in [0.1, 0.15) is 27.2 Å². The van der Waals surface area contributed by atoms with Crippen molar-refractivity contribution in [2.75, 3.05) is 5.32 Å². The molecule has 0 fully saturated rings. The van der Waals surface area contributed by atoms with Crippen molar-refractivity contribution in [2.24, 2.45) is 5.92 Å². The molecular formula is C10H17N3. The highest BCUT2D eigenvalue weighted by Crippen LogP contribution is 2.10. The Kier molecular flexibility index (Phi) is 3.68. The molecular weight excluding hydrogens is 162 g/mol. The Hall–Kier alpha value is -1.12. The molecule has 1 N–H and O–H groups in total. The first kappa shape index (κ1) is 9.96. The van der Waals surface area contributed by atoms with E-state index in [1.54, 1.807) is 12.4 Å². The molecule has 0 aromatic carbocycles. The van der Waals surface area contributed by atoms with Gasteiger partial charge in [-0.25, -0.2) is 9.97 Å². The van der Waals surface area contributed by atoms with Crippen LogP contribution in [0.4, 0.5) is 5.95 Å². The largest absolute Gasteiger partial charge is 0.352 e. The smallest absolute Gasteiger partial charge is 0.222 e. The highest BCUT2D eigenvalue weighted by molar-refractivity contribution is 5.23. The Bertz CT molecular complexity index is 235. The molecule has 13 heavy (non-hydrogen) atoms. The molecule has 0 amide bonds. The number of hydrogen-bond acceptors (Lipinski definition) is 3. The van der Waals surface area contributed by atoms with E-state index in [9.17, 15) is 0 Å². The third-order valence-corrected chi connectivity index (χ3v) is 2.42. The summed E-state index contributed by atoms with van der Waals surface area (Å²) >= 11 is 0. The van der Waals surface area contributed by atoms with E-state index in [-0.39, 0.29) is 0 Å². The lowest BCUT2D eigenvalue weighted by molar-refractivity contribution is 0.492. The van der Waals surface area contributed by atoms with Gasteiger partial charge in [-0.15, -0.1) is 0 Å². The van der Waals surface area contributed by atoms with E-state index in [4.69, 9.17) is 0 Å². The number of nitrogens with one attached hydrogen (secondary N) is 1. The van der Waals surface area contributed by atoms with Gasteiger partial charge in [-0.2, -0.15) is 0 Å². The van der Waals surface area contributed by atoms with Crippen molar-refractivity contribution in [3.8, 4) is 0 Å². The van der Waals surface area contributed by atoms with Crippen LogP contribution in [0.15, 0.2) is 18.5 Å². The molecule has 0 radical (unpaired) electrons. The van der Waals surface area contributed by atoms with Crippen LogP contribution in [0.3, 0.4) is 0 Å². The Morgan fingerprint density at radius 3 is 2.46 bits per heavy atom. The van der Waals surface area contributed by atoms with Gasteiger partial charge < -0.3 is 5.32 Å². The van der Waals surface area contributed by atoms with Gasteiger partial charge >= 0.3 is 0 Å². The molecule has 1 aromatic rings. The van der Waals surface area contributed by atoms with E-state index in [0.717, 1.165) is 5.95 Å². The maximum Gasteiger partial charge on any atom is 0.222 e. The number of nitrogens with zero attached hydrogens (tertiary/aromatic N) is 2. The zero-order valence-electron chi connectivity index (χ0n) is 8.49. The fraction of sp³-hybridized carbons (Fsp3) is 0.600. The molecule has 1 heterocycles. The Labute approximate surface area is 79.6 Å². The zero-order valence-corrected chi connectivity index (χ0v) is 8.49. The van der Waals surface area contributed by atoms with E-state index >= 15 is 0 Å². The van der Waals surface area contributed by atoms with Crippen LogP contribution >= 0.6 is 0 Å². The van der Waals surface area contributed by atoms with Crippen molar-refractivity contribution in [1.29, 1.82) is 0 Å². The van der Waals surface area contributed by atoms with Crippen molar-refractivity contribution < 1.29 is 0 Å². The minimum absolute atomic E-state index is 0.424. The molecule has 0 aliphatic heterocycles. The molecule has 72 valence electrons. The average Bonchev–Trinajstić information content (AvgIpc) is 2.18. The van der Waals surface area contributed by atoms with Crippen molar-refractivity contribution in [3.63, 3.8) is 0 Å². The van der Waals surface area contributed by atoms with Crippen LogP contribution in [0.2, 0.25) is 0 Å². The van der Waals surface area contributed by atoms with Gasteiger partial charge in [-0.3, -0.25) is 0 Å². The number of anilines is 1. The second-order valence-corrected chi connectivity index (χ2v) is 3.39. The normalized spacial score (nSPS) is 15.0. The molecule has 0 spiro atoms. The highest BCUT2D eigenvalue weighted by atomic mass is 15.1. The average molecular weight is 179 g/mol. The van der Waals surface area contributed by atoms with Crippen LogP contribution in [-0.4, -0.2) is 16.0 Å². The zero-order chi connectivity index (χ0) is 9.68. The van der Waals surface area contributed by atoms with E-state index in [2.05, 4.69) is 36.1 Å². The lowest BCUT2D eigenvalue weighted by atomic mass is 10.0. The lowest BCUT2D eigenvalue weighted by Gasteiger charge is -2.19. The van der Waals surface area contributed by atoms with Gasteiger partial charge in [-0.1, -0.05) is 20.3 Å². The number of aromatic nitrogens is 2. The van der Waals surface area contributed by atoms with E-state index in [0.29, 0.717) is 12.0 Å². The molecule has 2 unspecified atom stereocenters. The van der Waals surface area contributed by atoms with Crippen molar-refractivity contribution in [1.82, 2.24) is 9.97 Å². The van der Waals surface area contributed by atoms with Crippen molar-refractivity contribution in [2.45, 2.75) is 33.2 Å². The number of hydrogen-bond donors (Lipinski definition) is 1. The number of rotatable bonds is 4. The monoisotopic (exact) mass is 179 g/mol. The molecule has 0 saturated carbocycles. The fourth-order valence-corrected chi connectivity index (χ4v) is 1.07. The van der Waals surface area contributed by atoms with Crippen LogP contribution < -0.4 is 5.32 Å². The summed E-state index contributed by atoms with van der Waals surface area (Å²) in [4.78, 5) is 8.23. The Morgan fingerprint density at radius 1 is 1.31 bits per heavy atom.